The summed E-state index contributed by atoms with van der Waals surface area (Å²) >= 11 is 3.17. The molecule has 0 radical (unpaired) electrons. The van der Waals surface area contributed by atoms with E-state index in [4.69, 9.17) is 0 Å². The fourth-order valence-electron chi connectivity index (χ4n) is 1.49. The van der Waals surface area contributed by atoms with Gasteiger partial charge in [-0.2, -0.15) is 0 Å². The molecule has 5 heteroatoms. The van der Waals surface area contributed by atoms with Crippen molar-refractivity contribution < 1.29 is 9.18 Å². The molecule has 0 spiro atoms. The summed E-state index contributed by atoms with van der Waals surface area (Å²) in [5.41, 5.74) is 0.735. The molecule has 2 aromatic rings. The summed E-state index contributed by atoms with van der Waals surface area (Å²) in [6.07, 6.45) is 3.19. The van der Waals surface area contributed by atoms with Crippen molar-refractivity contribution >= 4 is 21.7 Å². The van der Waals surface area contributed by atoms with Crippen molar-refractivity contribution in [1.82, 2.24) is 9.55 Å². The summed E-state index contributed by atoms with van der Waals surface area (Å²) < 4.78 is 15.9. The Morgan fingerprint density at radius 1 is 1.53 bits per heavy atom. The molecular formula is C12H10BrFN2O. The van der Waals surface area contributed by atoms with E-state index in [-0.39, 0.29) is 18.0 Å². The number of nitrogens with zero attached hydrogens (tertiary/aromatic N) is 2. The van der Waals surface area contributed by atoms with Gasteiger partial charge in [0.05, 0.1) is 6.33 Å². The molecule has 0 aliphatic heterocycles. The number of hydrogen-bond donors (Lipinski definition) is 0. The fourth-order valence-corrected chi connectivity index (χ4v) is 1.82. The first-order valence-corrected chi connectivity index (χ1v) is 5.80. The first kappa shape index (κ1) is 12.0. The minimum atomic E-state index is -0.386. The monoisotopic (exact) mass is 296 g/mol. The zero-order valence-electron chi connectivity index (χ0n) is 9.15. The second-order valence-corrected chi connectivity index (χ2v) is 4.68. The molecule has 0 aliphatic carbocycles. The van der Waals surface area contributed by atoms with Crippen LogP contribution in [0.5, 0.6) is 0 Å². The number of carbonyl (C=O) groups excluding carboxylic acids is 1. The zero-order valence-corrected chi connectivity index (χ0v) is 10.7. The molecule has 1 aromatic carbocycles. The fraction of sp³-hybridized carbons (Fsp3) is 0.167. The smallest absolute Gasteiger partial charge is 0.187 e. The van der Waals surface area contributed by atoms with Crippen LogP contribution in [0.2, 0.25) is 0 Å². The third kappa shape index (κ3) is 2.79. The van der Waals surface area contributed by atoms with Gasteiger partial charge >= 0.3 is 0 Å². The van der Waals surface area contributed by atoms with E-state index < -0.39 is 0 Å². The van der Waals surface area contributed by atoms with Crippen LogP contribution in [0.25, 0.3) is 0 Å². The Bertz CT molecular complexity index is 565. The molecule has 0 aliphatic rings. The van der Waals surface area contributed by atoms with E-state index in [9.17, 15) is 9.18 Å². The van der Waals surface area contributed by atoms with Gasteiger partial charge in [-0.25, -0.2) is 9.37 Å². The molecule has 0 amide bonds. The first-order valence-electron chi connectivity index (χ1n) is 5.01. The van der Waals surface area contributed by atoms with Gasteiger partial charge in [-0.1, -0.05) is 22.0 Å². The summed E-state index contributed by atoms with van der Waals surface area (Å²) in [5, 5.41) is 0. The van der Waals surface area contributed by atoms with Gasteiger partial charge in [-0.15, -0.1) is 0 Å². The van der Waals surface area contributed by atoms with Gasteiger partial charge in [0.15, 0.2) is 5.78 Å². The van der Waals surface area contributed by atoms with Crippen LogP contribution >= 0.6 is 15.9 Å². The van der Waals surface area contributed by atoms with Gasteiger partial charge in [0.1, 0.15) is 11.5 Å². The summed E-state index contributed by atoms with van der Waals surface area (Å²) in [6, 6.07) is 4.66. The van der Waals surface area contributed by atoms with Crippen molar-refractivity contribution in [3.05, 3.63) is 52.3 Å². The highest BCUT2D eigenvalue weighted by molar-refractivity contribution is 9.10. The van der Waals surface area contributed by atoms with Crippen molar-refractivity contribution in [3.8, 4) is 0 Å². The Hall–Kier alpha value is -1.49. The van der Waals surface area contributed by atoms with E-state index in [0.717, 1.165) is 0 Å². The molecule has 3 nitrogen and oxygen atoms in total. The molecule has 1 heterocycles. The highest BCUT2D eigenvalue weighted by Crippen LogP contribution is 2.16. The highest BCUT2D eigenvalue weighted by atomic mass is 79.9. The van der Waals surface area contributed by atoms with E-state index >= 15 is 0 Å². The summed E-state index contributed by atoms with van der Waals surface area (Å²) in [4.78, 5) is 15.8. The van der Waals surface area contributed by atoms with Gasteiger partial charge < -0.3 is 4.57 Å². The quantitative estimate of drug-likeness (QED) is 0.817. The maximum Gasteiger partial charge on any atom is 0.187 e. The average molecular weight is 297 g/mol. The van der Waals surface area contributed by atoms with Crippen LogP contribution < -0.4 is 0 Å². The number of aromatic nitrogens is 2. The second kappa shape index (κ2) is 4.79. The van der Waals surface area contributed by atoms with Crippen molar-refractivity contribution in [1.29, 1.82) is 0 Å². The molecule has 0 saturated heterocycles. The first-order chi connectivity index (χ1) is 8.06. The predicted octanol–water partition coefficient (Wildman–Crippen LogP) is 2.75. The normalized spacial score (nSPS) is 10.5. The SMILES string of the molecule is Cn1cnc(C(=O)Cc2ccc(Br)cc2F)c1. The molecule has 0 saturated carbocycles. The minimum absolute atomic E-state index is 0.0239. The lowest BCUT2D eigenvalue weighted by atomic mass is 10.1. The number of rotatable bonds is 3. The van der Waals surface area contributed by atoms with Crippen molar-refractivity contribution in [2.75, 3.05) is 0 Å². The van der Waals surface area contributed by atoms with E-state index in [1.54, 1.807) is 36.3 Å². The Kier molecular flexibility index (Phi) is 3.38. The van der Waals surface area contributed by atoms with Gasteiger partial charge in [-0.05, 0) is 17.7 Å². The van der Waals surface area contributed by atoms with Crippen LogP contribution in [-0.4, -0.2) is 15.3 Å². The Morgan fingerprint density at radius 3 is 2.88 bits per heavy atom. The minimum Gasteiger partial charge on any atom is -0.340 e. The molecule has 2 rings (SSSR count). The third-order valence-corrected chi connectivity index (χ3v) is 2.85. The van der Waals surface area contributed by atoms with E-state index in [2.05, 4.69) is 20.9 Å². The van der Waals surface area contributed by atoms with E-state index in [1.165, 1.54) is 6.07 Å². The number of ketones is 1. The number of Topliss-reactive ketones (excluding diaryl/α,β-unsaturated/α-hetero) is 1. The predicted molar refractivity (Wildman–Crippen MR) is 65.3 cm³/mol. The number of imidazole rings is 1. The van der Waals surface area contributed by atoms with Gasteiger partial charge in [-0.3, -0.25) is 4.79 Å². The number of hydrogen-bond acceptors (Lipinski definition) is 2. The van der Waals surface area contributed by atoms with Gasteiger partial charge in [0.2, 0.25) is 0 Å². The molecular weight excluding hydrogens is 287 g/mol. The molecule has 0 N–H and O–H groups in total. The van der Waals surface area contributed by atoms with Crippen molar-refractivity contribution in [2.24, 2.45) is 7.05 Å². The molecule has 0 bridgehead atoms. The molecule has 0 unspecified atom stereocenters. The van der Waals surface area contributed by atoms with Crippen molar-refractivity contribution in [3.63, 3.8) is 0 Å². The lowest BCUT2D eigenvalue weighted by Gasteiger charge is -2.01. The third-order valence-electron chi connectivity index (χ3n) is 2.36. The molecule has 88 valence electrons. The molecule has 0 fully saturated rings. The van der Waals surface area contributed by atoms with E-state index in [1.807, 2.05) is 0 Å². The van der Waals surface area contributed by atoms with Crippen LogP contribution in [0.3, 0.4) is 0 Å². The molecule has 0 atom stereocenters. The van der Waals surface area contributed by atoms with Gasteiger partial charge in [0, 0.05) is 24.1 Å². The van der Waals surface area contributed by atoms with Crippen LogP contribution in [0.4, 0.5) is 4.39 Å². The van der Waals surface area contributed by atoms with Crippen LogP contribution in [0.1, 0.15) is 16.1 Å². The molecule has 17 heavy (non-hydrogen) atoms. The lowest BCUT2D eigenvalue weighted by Crippen LogP contribution is -2.05. The standard InChI is InChI=1S/C12H10BrFN2O/c1-16-6-11(15-7-16)12(17)4-8-2-3-9(13)5-10(8)14/h2-3,5-7H,4H2,1H3. The maximum absolute atomic E-state index is 13.5. The summed E-state index contributed by atoms with van der Waals surface area (Å²) in [7, 11) is 1.78. The number of carbonyl (C=O) groups is 1. The van der Waals surface area contributed by atoms with E-state index in [0.29, 0.717) is 15.7 Å². The highest BCUT2D eigenvalue weighted by Gasteiger charge is 2.12. The van der Waals surface area contributed by atoms with Crippen LogP contribution in [0.15, 0.2) is 35.2 Å². The lowest BCUT2D eigenvalue weighted by molar-refractivity contribution is 0.0987. The molecule has 1 aromatic heterocycles. The average Bonchev–Trinajstić information content (AvgIpc) is 2.69. The maximum atomic E-state index is 13.5. The van der Waals surface area contributed by atoms with Crippen LogP contribution in [0, 0.1) is 5.82 Å². The summed E-state index contributed by atoms with van der Waals surface area (Å²) in [5.74, 6) is -0.574. The Morgan fingerprint density at radius 2 is 2.29 bits per heavy atom. The van der Waals surface area contributed by atoms with Crippen LogP contribution in [-0.2, 0) is 13.5 Å². The number of halogens is 2. The topological polar surface area (TPSA) is 34.9 Å². The Labute approximate surface area is 106 Å². The van der Waals surface area contributed by atoms with Gasteiger partial charge in [0.25, 0.3) is 0 Å². The van der Waals surface area contributed by atoms with Crippen molar-refractivity contribution in [2.45, 2.75) is 6.42 Å². The number of aryl methyl sites for hydroxylation is 1. The summed E-state index contributed by atoms with van der Waals surface area (Å²) in [6.45, 7) is 0. The largest absolute Gasteiger partial charge is 0.340 e. The number of benzene rings is 1. The second-order valence-electron chi connectivity index (χ2n) is 3.76. The zero-order chi connectivity index (χ0) is 12.4. The Balaban J connectivity index is 2.18.